The Morgan fingerprint density at radius 3 is 2.73 bits per heavy atom. The molecule has 0 bridgehead atoms. The number of hydrogen-bond donors (Lipinski definition) is 2. The predicted molar refractivity (Wildman–Crippen MR) is 149 cm³/mol. The van der Waals surface area contributed by atoms with E-state index in [1.807, 2.05) is 66.7 Å². The van der Waals surface area contributed by atoms with Crippen molar-refractivity contribution < 1.29 is 33.6 Å². The summed E-state index contributed by atoms with van der Waals surface area (Å²) in [6, 6.07) is 20.3. The lowest BCUT2D eigenvalue weighted by Gasteiger charge is -2.30. The summed E-state index contributed by atoms with van der Waals surface area (Å²) in [5.41, 5.74) is 1.01. The molecule has 0 saturated carbocycles. The molecule has 2 aliphatic heterocycles. The van der Waals surface area contributed by atoms with Crippen LogP contribution in [0.5, 0.6) is 23.0 Å². The summed E-state index contributed by atoms with van der Waals surface area (Å²) in [5.74, 6) is 2.69. The smallest absolute Gasteiger partial charge is 0.252 e. The molecular weight excluding hydrogens is 512 g/mol. The molecule has 5 rings (SSSR count). The van der Waals surface area contributed by atoms with E-state index in [1.54, 1.807) is 13.2 Å². The van der Waals surface area contributed by atoms with Crippen molar-refractivity contribution >= 4 is 11.8 Å². The zero-order valence-corrected chi connectivity index (χ0v) is 22.3. The van der Waals surface area contributed by atoms with Gasteiger partial charge < -0.3 is 34.1 Å². The third-order valence-electron chi connectivity index (χ3n) is 6.77. The van der Waals surface area contributed by atoms with E-state index in [1.165, 1.54) is 0 Å². The molecule has 9 nitrogen and oxygen atoms in total. The number of hydrogen-bond acceptors (Lipinski definition) is 8. The number of benzene rings is 3. The monoisotopic (exact) mass is 544 g/mol. The molecule has 40 heavy (non-hydrogen) atoms. The fourth-order valence-corrected chi connectivity index (χ4v) is 4.73. The van der Waals surface area contributed by atoms with Crippen molar-refractivity contribution in [2.24, 2.45) is 4.99 Å². The van der Waals surface area contributed by atoms with E-state index in [0.29, 0.717) is 47.5 Å². The quantitative estimate of drug-likeness (QED) is 0.258. The Bertz CT molecular complexity index is 1390. The second-order valence-electron chi connectivity index (χ2n) is 9.43. The lowest BCUT2D eigenvalue weighted by atomic mass is 9.84. The van der Waals surface area contributed by atoms with E-state index in [0.717, 1.165) is 11.1 Å². The Hall–Kier alpha value is -4.50. The summed E-state index contributed by atoms with van der Waals surface area (Å²) in [4.78, 5) is 18.9. The van der Waals surface area contributed by atoms with Gasteiger partial charge in [-0.25, -0.2) is 4.99 Å². The zero-order valence-electron chi connectivity index (χ0n) is 22.3. The highest BCUT2D eigenvalue weighted by Gasteiger charge is 2.52. The Morgan fingerprint density at radius 2 is 1.95 bits per heavy atom. The Kier molecular flexibility index (Phi) is 8.21. The molecule has 2 N–H and O–H groups in total. The van der Waals surface area contributed by atoms with Crippen LogP contribution in [0.1, 0.15) is 35.6 Å². The Morgan fingerprint density at radius 1 is 1.12 bits per heavy atom. The SMILES string of the molecule is C=CC[C@@]1(C(=O)NCc2ccc3c(c2)OCO3)N=C(c2ccc(OCCCO)cc2)O[C@@H]1c1cccc(OC)c1. The van der Waals surface area contributed by atoms with Gasteiger partial charge in [-0.15, -0.1) is 6.58 Å². The lowest BCUT2D eigenvalue weighted by Crippen LogP contribution is -2.47. The molecule has 9 heteroatoms. The fourth-order valence-electron chi connectivity index (χ4n) is 4.73. The first-order valence-electron chi connectivity index (χ1n) is 13.1. The van der Waals surface area contributed by atoms with Crippen molar-refractivity contribution in [3.8, 4) is 23.0 Å². The number of amides is 1. The summed E-state index contributed by atoms with van der Waals surface area (Å²) in [6.45, 7) is 4.85. The number of fused-ring (bicyclic) bond motifs is 1. The average Bonchev–Trinajstić information content (AvgIpc) is 3.62. The molecule has 3 aromatic carbocycles. The minimum atomic E-state index is -1.31. The molecule has 0 aromatic heterocycles. The van der Waals surface area contributed by atoms with E-state index >= 15 is 0 Å². The van der Waals surface area contributed by atoms with Crippen molar-refractivity contribution in [2.75, 3.05) is 27.1 Å². The summed E-state index contributed by atoms with van der Waals surface area (Å²) >= 11 is 0. The molecule has 0 fully saturated rings. The van der Waals surface area contributed by atoms with Crippen molar-refractivity contribution in [1.82, 2.24) is 5.32 Å². The number of nitrogens with one attached hydrogen (secondary N) is 1. The van der Waals surface area contributed by atoms with Gasteiger partial charge >= 0.3 is 0 Å². The van der Waals surface area contributed by atoms with E-state index in [-0.39, 0.29) is 32.3 Å². The second-order valence-corrected chi connectivity index (χ2v) is 9.43. The number of methoxy groups -OCH3 is 1. The molecule has 0 unspecified atom stereocenters. The molecule has 1 amide bonds. The van der Waals surface area contributed by atoms with Crippen molar-refractivity contribution in [3.63, 3.8) is 0 Å². The van der Waals surface area contributed by atoms with Crippen LogP contribution >= 0.6 is 0 Å². The number of nitrogens with zero attached hydrogens (tertiary/aromatic N) is 1. The molecule has 2 aliphatic rings. The van der Waals surface area contributed by atoms with Gasteiger partial charge in [-0.05, 0) is 59.7 Å². The van der Waals surface area contributed by atoms with Crippen LogP contribution in [0.4, 0.5) is 0 Å². The first-order chi connectivity index (χ1) is 19.6. The topological polar surface area (TPSA) is 108 Å². The van der Waals surface area contributed by atoms with Crippen LogP contribution in [0.15, 0.2) is 84.4 Å². The summed E-state index contributed by atoms with van der Waals surface area (Å²) in [5, 5.41) is 12.0. The van der Waals surface area contributed by atoms with Crippen LogP contribution in [-0.4, -0.2) is 49.6 Å². The number of ether oxygens (including phenoxy) is 5. The maximum absolute atomic E-state index is 14.0. The maximum Gasteiger partial charge on any atom is 0.252 e. The molecule has 2 atom stereocenters. The van der Waals surface area contributed by atoms with E-state index in [4.69, 9.17) is 33.8 Å². The molecule has 0 saturated heterocycles. The van der Waals surface area contributed by atoms with Gasteiger partial charge in [0.15, 0.2) is 23.1 Å². The third-order valence-corrected chi connectivity index (χ3v) is 6.77. The highest BCUT2D eigenvalue weighted by molar-refractivity contribution is 6.01. The Balaban J connectivity index is 1.45. The minimum Gasteiger partial charge on any atom is -0.497 e. The van der Waals surface area contributed by atoms with Crippen molar-refractivity contribution in [1.29, 1.82) is 0 Å². The average molecular weight is 545 g/mol. The van der Waals surface area contributed by atoms with Gasteiger partial charge in [-0.1, -0.05) is 24.3 Å². The van der Waals surface area contributed by atoms with Crippen LogP contribution in [0.3, 0.4) is 0 Å². The standard InChI is InChI=1S/C31H32N2O7/c1-3-14-31(30(35)32-19-21-8-13-26-27(17-21)39-20-38-26)28(23-6-4-7-25(18-23)36-2)40-29(33-31)22-9-11-24(12-10-22)37-16-5-15-34/h3-4,6-13,17-18,28,34H,1,5,14-16,19-20H2,2H3,(H,32,35)/t28-,31-/m1/s1. The van der Waals surface area contributed by atoms with Gasteiger partial charge in [0.25, 0.3) is 5.91 Å². The summed E-state index contributed by atoms with van der Waals surface area (Å²) in [6.07, 6.45) is 1.74. The molecule has 0 radical (unpaired) electrons. The molecular formula is C31H32N2O7. The van der Waals surface area contributed by atoms with Gasteiger partial charge in [0.1, 0.15) is 11.5 Å². The number of aliphatic hydroxyl groups excluding tert-OH is 1. The first-order valence-corrected chi connectivity index (χ1v) is 13.1. The van der Waals surface area contributed by atoms with E-state index < -0.39 is 11.6 Å². The molecule has 2 heterocycles. The molecule has 0 spiro atoms. The van der Waals surface area contributed by atoms with E-state index in [9.17, 15) is 4.79 Å². The first kappa shape index (κ1) is 27.1. The fraction of sp³-hybridized carbons (Fsp3) is 0.290. The molecule has 3 aromatic rings. The van der Waals surface area contributed by atoms with Gasteiger partial charge in [-0.3, -0.25) is 4.79 Å². The minimum absolute atomic E-state index is 0.0660. The number of carbonyl (C=O) groups is 1. The van der Waals surface area contributed by atoms with Crippen molar-refractivity contribution in [2.45, 2.75) is 31.0 Å². The number of carbonyl (C=O) groups excluding carboxylic acids is 1. The number of aliphatic imine (C=N–C) groups is 1. The summed E-state index contributed by atoms with van der Waals surface area (Å²) in [7, 11) is 1.59. The normalized spacial score (nSPS) is 18.9. The highest BCUT2D eigenvalue weighted by Crippen LogP contribution is 2.43. The van der Waals surface area contributed by atoms with Crippen LogP contribution in [0.25, 0.3) is 0 Å². The highest BCUT2D eigenvalue weighted by atomic mass is 16.7. The zero-order chi connectivity index (χ0) is 28.0. The number of aliphatic hydroxyl groups is 1. The lowest BCUT2D eigenvalue weighted by molar-refractivity contribution is -0.129. The number of rotatable bonds is 12. The van der Waals surface area contributed by atoms with Gasteiger partial charge in [0.05, 0.1) is 13.7 Å². The van der Waals surface area contributed by atoms with Gasteiger partial charge in [0.2, 0.25) is 12.7 Å². The van der Waals surface area contributed by atoms with Gasteiger partial charge in [-0.2, -0.15) is 0 Å². The predicted octanol–water partition coefficient (Wildman–Crippen LogP) is 4.33. The van der Waals surface area contributed by atoms with E-state index in [2.05, 4.69) is 11.9 Å². The van der Waals surface area contributed by atoms with Crippen LogP contribution in [-0.2, 0) is 16.1 Å². The maximum atomic E-state index is 14.0. The van der Waals surface area contributed by atoms with Gasteiger partial charge in [0, 0.05) is 31.6 Å². The van der Waals surface area contributed by atoms with Crippen LogP contribution < -0.4 is 24.3 Å². The third kappa shape index (κ3) is 5.60. The molecule has 208 valence electrons. The largest absolute Gasteiger partial charge is 0.497 e. The van der Waals surface area contributed by atoms with Crippen LogP contribution in [0, 0.1) is 0 Å². The Labute approximate surface area is 233 Å². The van der Waals surface area contributed by atoms with Crippen LogP contribution in [0.2, 0.25) is 0 Å². The second kappa shape index (κ2) is 12.1. The molecule has 0 aliphatic carbocycles. The van der Waals surface area contributed by atoms with Crippen molar-refractivity contribution in [3.05, 3.63) is 96.1 Å². The summed E-state index contributed by atoms with van der Waals surface area (Å²) < 4.78 is 28.4.